The van der Waals surface area contributed by atoms with Gasteiger partial charge in [0.2, 0.25) is 0 Å². The number of carbonyl (C=O) groups is 1. The van der Waals surface area contributed by atoms with E-state index >= 15 is 0 Å². The minimum atomic E-state index is -2.38. The van der Waals surface area contributed by atoms with E-state index in [1.54, 1.807) is 0 Å². The molecule has 1 heterocycles. The summed E-state index contributed by atoms with van der Waals surface area (Å²) in [7, 11) is 1.44. The van der Waals surface area contributed by atoms with Crippen LogP contribution >= 0.6 is 0 Å². The number of benzene rings is 1. The third-order valence-electron chi connectivity index (χ3n) is 3.10. The summed E-state index contributed by atoms with van der Waals surface area (Å²) in [6.07, 6.45) is 1.93. The Morgan fingerprint density at radius 1 is 1.16 bits per heavy atom. The zero-order valence-electron chi connectivity index (χ0n) is 11.8. The number of methoxy groups -OCH3 is 1. The van der Waals surface area contributed by atoms with Crippen LogP contribution < -0.4 is 3.71 Å². The average molecular weight is 364 g/mol. The van der Waals surface area contributed by atoms with E-state index in [0.29, 0.717) is 0 Å². The van der Waals surface area contributed by atoms with Crippen LogP contribution in [-0.4, -0.2) is 36.4 Å². The fraction of sp³-hybridized carbons (Fsp3) is 0.267. The standard InChI is InChI=1S/C12H10NO2.3CH3.Sn/c1-15-12(14)11-8-13-7-10(11)9-5-3-2-4-6-9;;;;/h2-7,13H,1H3;3*1H3;. The number of rotatable bonds is 3. The van der Waals surface area contributed by atoms with Gasteiger partial charge in [-0.25, -0.2) is 0 Å². The molecule has 19 heavy (non-hydrogen) atoms. The summed E-state index contributed by atoms with van der Waals surface area (Å²) in [4.78, 5) is 22.3. The topological polar surface area (TPSA) is 42.1 Å². The molecule has 0 fully saturated rings. The van der Waals surface area contributed by atoms with Crippen molar-refractivity contribution in [2.24, 2.45) is 0 Å². The van der Waals surface area contributed by atoms with Crippen LogP contribution in [0.15, 0.2) is 36.5 Å². The first-order valence-corrected chi connectivity index (χ1v) is 16.3. The molecule has 1 aromatic heterocycles. The summed E-state index contributed by atoms with van der Waals surface area (Å²) in [5.41, 5.74) is 2.70. The van der Waals surface area contributed by atoms with Gasteiger partial charge in [0.25, 0.3) is 0 Å². The first kappa shape index (κ1) is 14.2. The molecular weight excluding hydrogens is 345 g/mol. The van der Waals surface area contributed by atoms with Gasteiger partial charge in [0.1, 0.15) is 0 Å². The van der Waals surface area contributed by atoms with Crippen molar-refractivity contribution >= 4 is 28.1 Å². The molecule has 4 heteroatoms. The van der Waals surface area contributed by atoms with E-state index in [4.69, 9.17) is 4.74 Å². The number of carbonyl (C=O) groups excluding carboxylic acids is 1. The summed E-state index contributed by atoms with van der Waals surface area (Å²) < 4.78 is 6.08. The Bertz CT molecular complexity index is 582. The summed E-state index contributed by atoms with van der Waals surface area (Å²) in [6.45, 7) is 0. The molecule has 0 unspecified atom stereocenters. The van der Waals surface area contributed by atoms with Crippen LogP contribution in [0.1, 0.15) is 10.4 Å². The van der Waals surface area contributed by atoms with Gasteiger partial charge < -0.3 is 0 Å². The van der Waals surface area contributed by atoms with E-state index in [1.165, 1.54) is 7.11 Å². The van der Waals surface area contributed by atoms with Crippen molar-refractivity contribution in [1.82, 2.24) is 4.98 Å². The molecule has 100 valence electrons. The number of nitrogens with one attached hydrogen (secondary N) is 1. The normalized spacial score (nSPS) is 11.4. The Hall–Kier alpha value is -1.23. The number of aromatic nitrogens is 1. The number of hydrogen-bond acceptors (Lipinski definition) is 2. The molecule has 0 saturated heterocycles. The Labute approximate surface area is 117 Å². The second-order valence-electron chi connectivity index (χ2n) is 5.56. The van der Waals surface area contributed by atoms with Crippen molar-refractivity contribution in [1.29, 1.82) is 0 Å². The van der Waals surface area contributed by atoms with Gasteiger partial charge in [0.05, 0.1) is 0 Å². The van der Waals surface area contributed by atoms with E-state index in [2.05, 4.69) is 19.8 Å². The molecule has 0 saturated carbocycles. The van der Waals surface area contributed by atoms with Gasteiger partial charge in [-0.2, -0.15) is 0 Å². The molecule has 2 rings (SSSR count). The van der Waals surface area contributed by atoms with Gasteiger partial charge in [-0.3, -0.25) is 0 Å². The first-order valence-electron chi connectivity index (χ1n) is 6.30. The van der Waals surface area contributed by atoms with Crippen molar-refractivity contribution < 1.29 is 9.53 Å². The maximum atomic E-state index is 12.1. The van der Waals surface area contributed by atoms with Gasteiger partial charge in [-0.05, 0) is 0 Å². The molecule has 0 aliphatic rings. The molecular formula is C15H19NO2Sn. The molecule has 2 aromatic rings. The van der Waals surface area contributed by atoms with E-state index in [1.807, 2.05) is 36.5 Å². The van der Waals surface area contributed by atoms with Gasteiger partial charge in [-0.15, -0.1) is 0 Å². The molecule has 0 bridgehead atoms. The summed E-state index contributed by atoms with van der Waals surface area (Å²) >= 11 is -2.38. The molecule has 0 aliphatic heterocycles. The van der Waals surface area contributed by atoms with E-state index < -0.39 is 18.4 Å². The Morgan fingerprint density at radius 3 is 2.32 bits per heavy atom. The number of H-pyrrole nitrogens is 1. The second kappa shape index (κ2) is 5.41. The number of ether oxygens (including phenoxy) is 1. The number of esters is 1. The summed E-state index contributed by atoms with van der Waals surface area (Å²) in [5.74, 6) is -0.248. The van der Waals surface area contributed by atoms with Crippen LogP contribution in [-0.2, 0) is 4.74 Å². The van der Waals surface area contributed by atoms with Crippen molar-refractivity contribution in [2.75, 3.05) is 7.11 Å². The average Bonchev–Trinajstić information content (AvgIpc) is 2.83. The van der Waals surface area contributed by atoms with Gasteiger partial charge in [0, 0.05) is 0 Å². The Balaban J connectivity index is 2.64. The van der Waals surface area contributed by atoms with Crippen LogP contribution in [0, 0.1) is 0 Å². The number of aromatic amines is 1. The SMILES string of the molecule is COC(=O)c1c(-c2ccccc2)c[nH][c]1[Sn]([CH3])([CH3])[CH3]. The third-order valence-corrected chi connectivity index (χ3v) is 8.51. The van der Waals surface area contributed by atoms with Crippen LogP contribution in [0.25, 0.3) is 11.1 Å². The Morgan fingerprint density at radius 2 is 1.79 bits per heavy atom. The van der Waals surface area contributed by atoms with Crippen LogP contribution in [0.5, 0.6) is 0 Å². The van der Waals surface area contributed by atoms with Gasteiger partial charge in [-0.1, -0.05) is 0 Å². The Kier molecular flexibility index (Phi) is 4.04. The fourth-order valence-electron chi connectivity index (χ4n) is 2.17. The van der Waals surface area contributed by atoms with E-state index in [9.17, 15) is 4.79 Å². The van der Waals surface area contributed by atoms with Crippen LogP contribution in [0.2, 0.25) is 14.8 Å². The van der Waals surface area contributed by atoms with Gasteiger partial charge in [0.15, 0.2) is 0 Å². The molecule has 0 amide bonds. The first-order chi connectivity index (χ1) is 8.95. The predicted molar refractivity (Wildman–Crippen MR) is 80.5 cm³/mol. The molecule has 1 N–H and O–H groups in total. The predicted octanol–water partition coefficient (Wildman–Crippen LogP) is 3.01. The van der Waals surface area contributed by atoms with Crippen LogP contribution in [0.3, 0.4) is 0 Å². The number of hydrogen-bond donors (Lipinski definition) is 1. The summed E-state index contributed by atoms with van der Waals surface area (Å²) in [6, 6.07) is 9.94. The van der Waals surface area contributed by atoms with Gasteiger partial charge >= 0.3 is 118 Å². The van der Waals surface area contributed by atoms with Crippen LogP contribution in [0.4, 0.5) is 0 Å². The second-order valence-corrected chi connectivity index (χ2v) is 19.8. The molecule has 0 spiro atoms. The zero-order chi connectivity index (χ0) is 14.0. The van der Waals surface area contributed by atoms with Crippen molar-refractivity contribution in [3.05, 3.63) is 42.1 Å². The summed E-state index contributed by atoms with van der Waals surface area (Å²) in [5, 5.41) is 0. The minimum absolute atomic E-state index is 0.248. The molecule has 0 aliphatic carbocycles. The molecule has 1 aromatic carbocycles. The zero-order valence-corrected chi connectivity index (χ0v) is 14.6. The van der Waals surface area contributed by atoms with E-state index in [-0.39, 0.29) is 5.97 Å². The van der Waals surface area contributed by atoms with Crippen molar-refractivity contribution in [3.8, 4) is 11.1 Å². The fourth-order valence-corrected chi connectivity index (χ4v) is 6.43. The quantitative estimate of drug-likeness (QED) is 0.672. The van der Waals surface area contributed by atoms with Crippen molar-refractivity contribution in [3.63, 3.8) is 0 Å². The molecule has 0 atom stereocenters. The molecule has 0 radical (unpaired) electrons. The van der Waals surface area contributed by atoms with Crippen molar-refractivity contribution in [2.45, 2.75) is 14.8 Å². The molecule has 3 nitrogen and oxygen atoms in total. The third kappa shape index (κ3) is 2.86. The van der Waals surface area contributed by atoms with E-state index in [0.717, 1.165) is 20.4 Å². The monoisotopic (exact) mass is 365 g/mol. The maximum absolute atomic E-state index is 12.1.